The Balaban J connectivity index is 1.50. The lowest BCUT2D eigenvalue weighted by Crippen LogP contribution is -2.61. The molecule has 28 heavy (non-hydrogen) atoms. The van der Waals surface area contributed by atoms with Gasteiger partial charge in [0.15, 0.2) is 0 Å². The minimum absolute atomic E-state index is 0.385. The summed E-state index contributed by atoms with van der Waals surface area (Å²) in [5.74, 6) is 0.801. The molecular formula is C24H31N3O. The van der Waals surface area contributed by atoms with Gasteiger partial charge in [-0.05, 0) is 73.5 Å². The van der Waals surface area contributed by atoms with E-state index >= 15 is 0 Å². The Morgan fingerprint density at radius 2 is 2.04 bits per heavy atom. The first-order valence-corrected chi connectivity index (χ1v) is 10.8. The van der Waals surface area contributed by atoms with E-state index in [1.807, 2.05) is 31.6 Å². The van der Waals surface area contributed by atoms with Crippen LogP contribution >= 0.6 is 0 Å². The number of benzene rings is 1. The lowest BCUT2D eigenvalue weighted by Gasteiger charge is -2.59. The second-order valence-electron chi connectivity index (χ2n) is 8.79. The molecule has 0 radical (unpaired) electrons. The smallest absolute Gasteiger partial charge is 0.0589 e. The zero-order chi connectivity index (χ0) is 19.0. The summed E-state index contributed by atoms with van der Waals surface area (Å²) < 4.78 is 5.40. The summed E-state index contributed by atoms with van der Waals surface area (Å²) in [4.78, 5) is 6.85. The van der Waals surface area contributed by atoms with Gasteiger partial charge in [0.1, 0.15) is 0 Å². The van der Waals surface area contributed by atoms with Gasteiger partial charge in [-0.3, -0.25) is 9.88 Å². The molecule has 5 rings (SSSR count). The highest BCUT2D eigenvalue weighted by molar-refractivity contribution is 5.62. The Morgan fingerprint density at radius 1 is 1.14 bits per heavy atom. The molecule has 2 bridgehead atoms. The Labute approximate surface area is 168 Å². The normalized spacial score (nSPS) is 29.0. The van der Waals surface area contributed by atoms with Crippen LogP contribution in [-0.2, 0) is 16.6 Å². The highest BCUT2D eigenvalue weighted by Gasteiger charge is 2.53. The van der Waals surface area contributed by atoms with Gasteiger partial charge >= 0.3 is 0 Å². The van der Waals surface area contributed by atoms with Crippen molar-refractivity contribution in [3.05, 3.63) is 53.9 Å². The number of anilines is 2. The molecule has 1 N–H and O–H groups in total. The number of hydrogen-bond donors (Lipinski definition) is 1. The van der Waals surface area contributed by atoms with E-state index < -0.39 is 0 Å². The molecule has 2 fully saturated rings. The first kappa shape index (κ1) is 18.1. The molecule has 3 aliphatic rings. The minimum Gasteiger partial charge on any atom is -0.383 e. The fourth-order valence-electron chi connectivity index (χ4n) is 6.25. The maximum absolute atomic E-state index is 5.40. The van der Waals surface area contributed by atoms with E-state index in [4.69, 9.17) is 4.74 Å². The fraction of sp³-hybridized carbons (Fsp3) is 0.542. The van der Waals surface area contributed by atoms with Crippen LogP contribution in [0.5, 0.6) is 0 Å². The van der Waals surface area contributed by atoms with Crippen molar-refractivity contribution < 1.29 is 4.74 Å². The third-order valence-electron chi connectivity index (χ3n) is 7.50. The molecule has 2 aliphatic carbocycles. The molecule has 2 heterocycles. The predicted octanol–water partition coefficient (Wildman–Crippen LogP) is 4.53. The topological polar surface area (TPSA) is 37.4 Å². The molecule has 4 heteroatoms. The lowest BCUT2D eigenvalue weighted by atomic mass is 9.52. The van der Waals surface area contributed by atoms with Crippen molar-refractivity contribution >= 4 is 11.4 Å². The van der Waals surface area contributed by atoms with Gasteiger partial charge in [0, 0.05) is 48.9 Å². The van der Waals surface area contributed by atoms with Crippen molar-refractivity contribution in [3.63, 3.8) is 0 Å². The molecule has 1 aromatic heterocycles. The van der Waals surface area contributed by atoms with Gasteiger partial charge in [0.25, 0.3) is 0 Å². The van der Waals surface area contributed by atoms with Gasteiger partial charge in [-0.2, -0.15) is 0 Å². The fourth-order valence-corrected chi connectivity index (χ4v) is 6.25. The van der Waals surface area contributed by atoms with Gasteiger partial charge in [-0.15, -0.1) is 0 Å². The van der Waals surface area contributed by atoms with Crippen molar-refractivity contribution in [2.45, 2.75) is 50.0 Å². The van der Waals surface area contributed by atoms with Gasteiger partial charge < -0.3 is 10.1 Å². The average molecular weight is 378 g/mol. The molecule has 148 valence electrons. The summed E-state index contributed by atoms with van der Waals surface area (Å²) >= 11 is 0. The summed E-state index contributed by atoms with van der Waals surface area (Å²) in [6.45, 7) is 3.13. The summed E-state index contributed by atoms with van der Waals surface area (Å²) in [5, 5.41) is 3.59. The second-order valence-corrected chi connectivity index (χ2v) is 8.79. The van der Waals surface area contributed by atoms with E-state index in [1.165, 1.54) is 50.8 Å². The first-order chi connectivity index (χ1) is 13.8. The Hall–Kier alpha value is -1.91. The highest BCUT2D eigenvalue weighted by atomic mass is 16.5. The minimum atomic E-state index is 0.385. The van der Waals surface area contributed by atoms with Crippen LogP contribution < -0.4 is 5.32 Å². The van der Waals surface area contributed by atoms with Crippen molar-refractivity contribution in [2.75, 3.05) is 32.1 Å². The highest BCUT2D eigenvalue weighted by Crippen LogP contribution is 2.56. The molecule has 0 amide bonds. The van der Waals surface area contributed by atoms with Crippen LogP contribution in [0.1, 0.15) is 43.2 Å². The van der Waals surface area contributed by atoms with E-state index in [-0.39, 0.29) is 0 Å². The number of hydrogen-bond acceptors (Lipinski definition) is 4. The molecule has 2 aromatic rings. The number of nitrogens with one attached hydrogen (secondary N) is 1. The van der Waals surface area contributed by atoms with Crippen molar-refractivity contribution in [1.29, 1.82) is 0 Å². The predicted molar refractivity (Wildman–Crippen MR) is 113 cm³/mol. The number of nitrogens with zero attached hydrogens (tertiary/aromatic N) is 2. The average Bonchev–Trinajstić information content (AvgIpc) is 2.74. The third kappa shape index (κ3) is 3.03. The Morgan fingerprint density at radius 3 is 2.89 bits per heavy atom. The van der Waals surface area contributed by atoms with E-state index in [0.29, 0.717) is 11.5 Å². The molecule has 1 saturated heterocycles. The number of ether oxygens (including phenoxy) is 1. The van der Waals surface area contributed by atoms with Crippen LogP contribution in [0.2, 0.25) is 0 Å². The van der Waals surface area contributed by atoms with E-state index in [1.54, 1.807) is 11.1 Å². The number of fused-ring (bicyclic) bond motifs is 1. The number of pyridine rings is 1. The van der Waals surface area contributed by atoms with Gasteiger partial charge in [0.05, 0.1) is 6.61 Å². The lowest BCUT2D eigenvalue weighted by molar-refractivity contribution is -0.0205. The van der Waals surface area contributed by atoms with Crippen LogP contribution in [-0.4, -0.2) is 42.7 Å². The van der Waals surface area contributed by atoms with Crippen LogP contribution in [0.15, 0.2) is 42.7 Å². The van der Waals surface area contributed by atoms with Crippen molar-refractivity contribution in [2.24, 2.45) is 5.92 Å². The number of aromatic nitrogens is 1. The number of piperidine rings is 1. The number of methoxy groups -OCH3 is 1. The van der Waals surface area contributed by atoms with Crippen LogP contribution in [0.4, 0.5) is 11.4 Å². The van der Waals surface area contributed by atoms with E-state index in [0.717, 1.165) is 24.8 Å². The summed E-state index contributed by atoms with van der Waals surface area (Å²) in [5.41, 5.74) is 5.92. The van der Waals surface area contributed by atoms with Crippen LogP contribution in [0, 0.1) is 5.92 Å². The molecular weight excluding hydrogens is 346 g/mol. The number of rotatable bonds is 5. The van der Waals surface area contributed by atoms with Crippen molar-refractivity contribution in [3.8, 4) is 0 Å². The zero-order valence-corrected chi connectivity index (χ0v) is 16.9. The summed E-state index contributed by atoms with van der Waals surface area (Å²) in [6, 6.07) is 11.9. The standard InChI is InChI=1S/C24H31N3O/c1-28-15-14-27-13-10-24-9-3-2-4-21(24)23(27)16-18-5-6-20(17-22(18)24)26-19-7-11-25-12-8-19/h5-8,11-12,17,21,23H,2-4,9-10,13-16H2,1H3,(H,25,26)/t21-,23+,24+/m0/s1. The Kier molecular flexibility index (Phi) is 4.85. The maximum atomic E-state index is 5.40. The van der Waals surface area contributed by atoms with Gasteiger partial charge in [0.2, 0.25) is 0 Å². The SMILES string of the molecule is COCCN1CC[C@]23CCCC[C@H]2[C@H]1Cc1ccc(Nc2ccncc2)cc13. The first-order valence-electron chi connectivity index (χ1n) is 10.8. The monoisotopic (exact) mass is 377 g/mol. The Bertz CT molecular complexity index is 824. The molecule has 1 saturated carbocycles. The van der Waals surface area contributed by atoms with Gasteiger partial charge in [-0.25, -0.2) is 0 Å². The molecule has 4 nitrogen and oxygen atoms in total. The molecule has 0 unspecified atom stereocenters. The van der Waals surface area contributed by atoms with Crippen LogP contribution in [0.3, 0.4) is 0 Å². The third-order valence-corrected chi connectivity index (χ3v) is 7.50. The largest absolute Gasteiger partial charge is 0.383 e. The summed E-state index contributed by atoms with van der Waals surface area (Å²) in [7, 11) is 1.82. The molecule has 3 atom stereocenters. The summed E-state index contributed by atoms with van der Waals surface area (Å²) in [6.07, 6.45) is 11.7. The quantitative estimate of drug-likeness (QED) is 0.831. The molecule has 1 aliphatic heterocycles. The second kappa shape index (κ2) is 7.49. The number of likely N-dealkylation sites (tertiary alicyclic amines) is 1. The zero-order valence-electron chi connectivity index (χ0n) is 16.9. The molecule has 1 aromatic carbocycles. The van der Waals surface area contributed by atoms with Crippen molar-refractivity contribution in [1.82, 2.24) is 9.88 Å². The van der Waals surface area contributed by atoms with Crippen LogP contribution in [0.25, 0.3) is 0 Å². The van der Waals surface area contributed by atoms with E-state index in [2.05, 4.69) is 33.4 Å². The maximum Gasteiger partial charge on any atom is 0.0589 e. The van der Waals surface area contributed by atoms with E-state index in [9.17, 15) is 0 Å². The molecule has 0 spiro atoms. The van der Waals surface area contributed by atoms with Gasteiger partial charge in [-0.1, -0.05) is 18.9 Å².